The lowest BCUT2D eigenvalue weighted by atomic mass is 10.1. The Morgan fingerprint density at radius 2 is 1.96 bits per heavy atom. The molecule has 1 N–H and O–H groups in total. The first kappa shape index (κ1) is 18.3. The molecule has 2 aromatic rings. The van der Waals surface area contributed by atoms with Crippen molar-refractivity contribution in [1.82, 2.24) is 20.1 Å². The van der Waals surface area contributed by atoms with Crippen LogP contribution in [0.3, 0.4) is 0 Å². The maximum atomic E-state index is 12.7. The van der Waals surface area contributed by atoms with Crippen LogP contribution in [0.4, 0.5) is 13.2 Å². The molecule has 0 saturated heterocycles. The lowest BCUT2D eigenvalue weighted by molar-refractivity contribution is -0.147. The number of hydrogen-bond donors (Lipinski definition) is 1. The average Bonchev–Trinajstić information content (AvgIpc) is 2.89. The number of carbonyl (C=O) groups excluding carboxylic acids is 1. The average molecular weight is 358 g/mol. The Morgan fingerprint density at radius 1 is 1.29 bits per heavy atom. The summed E-state index contributed by atoms with van der Waals surface area (Å²) in [6, 6.07) is 9.67. The predicted molar refractivity (Wildman–Crippen MR) is 84.5 cm³/mol. The van der Waals surface area contributed by atoms with E-state index in [2.05, 4.69) is 15.5 Å². The number of thioether (sulfide) groups is 1. The molecule has 0 aliphatic rings. The number of benzene rings is 1. The quantitative estimate of drug-likeness (QED) is 0.807. The molecule has 0 bridgehead atoms. The van der Waals surface area contributed by atoms with E-state index in [1.54, 1.807) is 6.92 Å². The Balaban J connectivity index is 1.87. The van der Waals surface area contributed by atoms with Gasteiger partial charge in [-0.25, -0.2) is 0 Å². The predicted octanol–water partition coefficient (Wildman–Crippen LogP) is 2.67. The topological polar surface area (TPSA) is 59.8 Å². The highest BCUT2D eigenvalue weighted by molar-refractivity contribution is 8.00. The van der Waals surface area contributed by atoms with E-state index in [1.807, 2.05) is 30.3 Å². The van der Waals surface area contributed by atoms with Gasteiger partial charge >= 0.3 is 6.18 Å². The molecule has 0 aliphatic carbocycles. The molecule has 5 nitrogen and oxygen atoms in total. The van der Waals surface area contributed by atoms with Crippen LogP contribution in [-0.4, -0.2) is 32.5 Å². The van der Waals surface area contributed by atoms with Gasteiger partial charge in [-0.05, 0) is 18.9 Å². The second-order valence-corrected chi connectivity index (χ2v) is 6.46. The first-order valence-electron chi connectivity index (χ1n) is 7.24. The van der Waals surface area contributed by atoms with Crippen LogP contribution in [0.15, 0.2) is 35.5 Å². The van der Waals surface area contributed by atoms with Crippen molar-refractivity contribution in [1.29, 1.82) is 0 Å². The molecule has 1 amide bonds. The summed E-state index contributed by atoms with van der Waals surface area (Å²) in [6.45, 7) is 2.07. The van der Waals surface area contributed by atoms with E-state index in [4.69, 9.17) is 0 Å². The van der Waals surface area contributed by atoms with E-state index in [0.717, 1.165) is 21.9 Å². The van der Waals surface area contributed by atoms with Crippen LogP contribution in [0.2, 0.25) is 0 Å². The molecule has 0 fully saturated rings. The van der Waals surface area contributed by atoms with E-state index >= 15 is 0 Å². The summed E-state index contributed by atoms with van der Waals surface area (Å²) >= 11 is 0.939. The Labute approximate surface area is 141 Å². The van der Waals surface area contributed by atoms with Gasteiger partial charge in [-0.3, -0.25) is 4.79 Å². The zero-order valence-electron chi connectivity index (χ0n) is 13.2. The molecule has 1 heterocycles. The van der Waals surface area contributed by atoms with Gasteiger partial charge in [-0.1, -0.05) is 42.1 Å². The maximum Gasteiger partial charge on any atom is 0.451 e. The SMILES string of the molecule is CC(Sc1nnc(C(F)(F)F)n1C)C(=O)NCCc1ccccc1. The van der Waals surface area contributed by atoms with Gasteiger partial charge in [0.2, 0.25) is 11.7 Å². The van der Waals surface area contributed by atoms with Gasteiger partial charge in [-0.2, -0.15) is 13.2 Å². The number of nitrogens with zero attached hydrogens (tertiary/aromatic N) is 3. The second-order valence-electron chi connectivity index (χ2n) is 5.15. The van der Waals surface area contributed by atoms with Gasteiger partial charge in [-0.15, -0.1) is 10.2 Å². The molecular weight excluding hydrogens is 341 g/mol. The normalized spacial score (nSPS) is 12.9. The van der Waals surface area contributed by atoms with Crippen molar-refractivity contribution in [2.24, 2.45) is 7.05 Å². The number of amides is 1. The van der Waals surface area contributed by atoms with Crippen molar-refractivity contribution in [2.75, 3.05) is 6.54 Å². The number of halogens is 3. The summed E-state index contributed by atoms with van der Waals surface area (Å²) < 4.78 is 38.9. The summed E-state index contributed by atoms with van der Waals surface area (Å²) in [5.74, 6) is -1.34. The third-order valence-electron chi connectivity index (χ3n) is 3.30. The molecule has 0 spiro atoms. The van der Waals surface area contributed by atoms with Crippen molar-refractivity contribution in [3.05, 3.63) is 41.7 Å². The van der Waals surface area contributed by atoms with Gasteiger partial charge in [0, 0.05) is 13.6 Å². The van der Waals surface area contributed by atoms with Crippen LogP contribution in [0, 0.1) is 0 Å². The molecule has 0 radical (unpaired) electrons. The molecular formula is C15H17F3N4OS. The molecule has 1 atom stereocenters. The lowest BCUT2D eigenvalue weighted by Crippen LogP contribution is -2.32. The fourth-order valence-electron chi connectivity index (χ4n) is 1.99. The van der Waals surface area contributed by atoms with Gasteiger partial charge in [0.05, 0.1) is 5.25 Å². The molecule has 24 heavy (non-hydrogen) atoms. The fraction of sp³-hybridized carbons (Fsp3) is 0.400. The molecule has 1 aromatic heterocycles. The van der Waals surface area contributed by atoms with Crippen LogP contribution in [-0.2, 0) is 24.4 Å². The van der Waals surface area contributed by atoms with Crippen molar-refractivity contribution < 1.29 is 18.0 Å². The van der Waals surface area contributed by atoms with Crippen LogP contribution in [0.1, 0.15) is 18.3 Å². The highest BCUT2D eigenvalue weighted by Gasteiger charge is 2.37. The zero-order chi connectivity index (χ0) is 17.7. The monoisotopic (exact) mass is 358 g/mol. The molecule has 0 saturated carbocycles. The highest BCUT2D eigenvalue weighted by Crippen LogP contribution is 2.30. The van der Waals surface area contributed by atoms with Crippen LogP contribution < -0.4 is 5.32 Å². The van der Waals surface area contributed by atoms with E-state index in [9.17, 15) is 18.0 Å². The summed E-state index contributed by atoms with van der Waals surface area (Å²) in [6.07, 6.45) is -3.88. The number of hydrogen-bond acceptors (Lipinski definition) is 4. The maximum absolute atomic E-state index is 12.7. The largest absolute Gasteiger partial charge is 0.451 e. The molecule has 1 aromatic carbocycles. The number of alkyl halides is 3. The first-order chi connectivity index (χ1) is 11.3. The molecule has 130 valence electrons. The smallest absolute Gasteiger partial charge is 0.355 e. The molecule has 2 rings (SSSR count). The van der Waals surface area contributed by atoms with Crippen molar-refractivity contribution >= 4 is 17.7 Å². The third-order valence-corrected chi connectivity index (χ3v) is 4.43. The standard InChI is InChI=1S/C15H17F3N4OS/c1-10(12(23)19-9-8-11-6-4-3-5-7-11)24-14-21-20-13(22(14)2)15(16,17)18/h3-7,10H,8-9H2,1-2H3,(H,19,23). The minimum atomic E-state index is -4.57. The summed E-state index contributed by atoms with van der Waals surface area (Å²) in [5, 5.41) is 8.88. The van der Waals surface area contributed by atoms with Crippen LogP contribution >= 0.6 is 11.8 Å². The third kappa shape index (κ3) is 4.73. The van der Waals surface area contributed by atoms with Crippen molar-refractivity contribution in [3.8, 4) is 0 Å². The van der Waals surface area contributed by atoms with Crippen molar-refractivity contribution in [3.63, 3.8) is 0 Å². The summed E-state index contributed by atoms with van der Waals surface area (Å²) in [5.41, 5.74) is 1.10. The fourth-order valence-corrected chi connectivity index (χ4v) is 2.83. The Hall–Kier alpha value is -2.03. The first-order valence-corrected chi connectivity index (χ1v) is 8.12. The highest BCUT2D eigenvalue weighted by atomic mass is 32.2. The Morgan fingerprint density at radius 3 is 2.54 bits per heavy atom. The number of nitrogens with one attached hydrogen (secondary N) is 1. The van der Waals surface area contributed by atoms with E-state index in [0.29, 0.717) is 13.0 Å². The summed E-state index contributed by atoms with van der Waals surface area (Å²) in [7, 11) is 1.23. The number of rotatable bonds is 6. The van der Waals surface area contributed by atoms with E-state index < -0.39 is 17.3 Å². The number of carbonyl (C=O) groups is 1. The lowest BCUT2D eigenvalue weighted by Gasteiger charge is -2.12. The van der Waals surface area contributed by atoms with Crippen LogP contribution in [0.25, 0.3) is 0 Å². The van der Waals surface area contributed by atoms with Gasteiger partial charge in [0.25, 0.3) is 0 Å². The number of aromatic nitrogens is 3. The Bertz CT molecular complexity index is 688. The van der Waals surface area contributed by atoms with Crippen LogP contribution in [0.5, 0.6) is 0 Å². The molecule has 1 unspecified atom stereocenters. The zero-order valence-corrected chi connectivity index (χ0v) is 14.0. The minimum absolute atomic E-state index is 0.0491. The summed E-state index contributed by atoms with van der Waals surface area (Å²) in [4.78, 5) is 12.0. The second kappa shape index (κ2) is 7.69. The van der Waals surface area contributed by atoms with Gasteiger partial charge in [0.1, 0.15) is 0 Å². The van der Waals surface area contributed by atoms with Crippen molar-refractivity contribution in [2.45, 2.75) is 29.9 Å². The van der Waals surface area contributed by atoms with Gasteiger partial charge in [0.15, 0.2) is 5.16 Å². The van der Waals surface area contributed by atoms with E-state index in [-0.39, 0.29) is 11.1 Å². The van der Waals surface area contributed by atoms with E-state index in [1.165, 1.54) is 7.05 Å². The van der Waals surface area contributed by atoms with Gasteiger partial charge < -0.3 is 9.88 Å². The molecule has 0 aliphatic heterocycles. The molecule has 9 heteroatoms. The minimum Gasteiger partial charge on any atom is -0.355 e. The Kier molecular flexibility index (Phi) is 5.87.